The van der Waals surface area contributed by atoms with Gasteiger partial charge in [0.25, 0.3) is 0 Å². The predicted molar refractivity (Wildman–Crippen MR) is 76.2 cm³/mol. The zero-order valence-electron chi connectivity index (χ0n) is 11.8. The lowest BCUT2D eigenvalue weighted by molar-refractivity contribution is 0.0690. The van der Waals surface area contributed by atoms with Crippen molar-refractivity contribution in [3.8, 4) is 5.75 Å². The Balaban J connectivity index is 1.72. The van der Waals surface area contributed by atoms with Crippen LogP contribution in [0.2, 0.25) is 0 Å². The molecule has 5 nitrogen and oxygen atoms in total. The molecule has 0 saturated carbocycles. The second-order valence-corrected chi connectivity index (χ2v) is 5.14. The van der Waals surface area contributed by atoms with Crippen LogP contribution < -0.4 is 4.74 Å². The van der Waals surface area contributed by atoms with Crippen molar-refractivity contribution in [1.29, 1.82) is 0 Å². The third-order valence-corrected chi connectivity index (χ3v) is 3.58. The van der Waals surface area contributed by atoms with Gasteiger partial charge in [0.1, 0.15) is 18.1 Å². The number of aromatic carboxylic acids is 1. The molecule has 1 saturated heterocycles. The first-order valence-electron chi connectivity index (χ1n) is 7.30. The fraction of sp³-hybridized carbons (Fsp3) is 0.600. The van der Waals surface area contributed by atoms with E-state index in [1.165, 1.54) is 44.4 Å². The number of likely N-dealkylation sites (tertiary alicyclic amines) is 1. The van der Waals surface area contributed by atoms with Gasteiger partial charge in [-0.05, 0) is 38.1 Å². The molecule has 1 aliphatic heterocycles. The van der Waals surface area contributed by atoms with Crippen molar-refractivity contribution in [2.24, 2.45) is 0 Å². The third-order valence-electron chi connectivity index (χ3n) is 3.58. The standard InChI is InChI=1S/C15H22N2O3/c18-15(19)14-7-6-13(12-16-14)20-11-10-17-8-4-2-1-3-5-9-17/h6-7,12H,1-5,8-11H2,(H,18,19). The molecule has 5 heteroatoms. The highest BCUT2D eigenvalue weighted by molar-refractivity contribution is 5.85. The summed E-state index contributed by atoms with van der Waals surface area (Å²) in [7, 11) is 0. The maximum absolute atomic E-state index is 10.7. The van der Waals surface area contributed by atoms with Crippen molar-refractivity contribution in [3.05, 3.63) is 24.0 Å². The Morgan fingerprint density at radius 2 is 1.90 bits per heavy atom. The van der Waals surface area contributed by atoms with Gasteiger partial charge in [0.15, 0.2) is 0 Å². The Labute approximate surface area is 119 Å². The van der Waals surface area contributed by atoms with Gasteiger partial charge >= 0.3 is 5.97 Å². The zero-order chi connectivity index (χ0) is 14.2. The molecule has 20 heavy (non-hydrogen) atoms. The quantitative estimate of drug-likeness (QED) is 0.896. The van der Waals surface area contributed by atoms with Crippen LogP contribution >= 0.6 is 0 Å². The van der Waals surface area contributed by atoms with Crippen LogP contribution in [0.25, 0.3) is 0 Å². The summed E-state index contributed by atoms with van der Waals surface area (Å²) in [5.41, 5.74) is 0.0427. The summed E-state index contributed by atoms with van der Waals surface area (Å²) < 4.78 is 5.62. The number of nitrogens with zero attached hydrogens (tertiary/aromatic N) is 2. The van der Waals surface area contributed by atoms with Gasteiger partial charge in [0.2, 0.25) is 0 Å². The van der Waals surface area contributed by atoms with Gasteiger partial charge in [-0.1, -0.05) is 19.3 Å². The molecule has 0 unspecified atom stereocenters. The lowest BCUT2D eigenvalue weighted by Crippen LogP contribution is -2.31. The maximum atomic E-state index is 10.7. The summed E-state index contributed by atoms with van der Waals surface area (Å²) in [5.74, 6) is -0.390. The number of rotatable bonds is 5. The van der Waals surface area contributed by atoms with Crippen molar-refractivity contribution < 1.29 is 14.6 Å². The summed E-state index contributed by atoms with van der Waals surface area (Å²) in [6.45, 7) is 3.84. The molecule has 1 aliphatic rings. The maximum Gasteiger partial charge on any atom is 0.354 e. The molecule has 0 aromatic carbocycles. The highest BCUT2D eigenvalue weighted by Gasteiger charge is 2.08. The van der Waals surface area contributed by atoms with Crippen LogP contribution in [0.15, 0.2) is 18.3 Å². The SMILES string of the molecule is O=C(O)c1ccc(OCCN2CCCCCCC2)cn1. The van der Waals surface area contributed by atoms with Crippen LogP contribution in [0.3, 0.4) is 0 Å². The van der Waals surface area contributed by atoms with Gasteiger partial charge in [-0.15, -0.1) is 0 Å². The number of carboxylic acid groups (broad SMARTS) is 1. The van der Waals surface area contributed by atoms with Crippen LogP contribution in [0, 0.1) is 0 Å². The molecule has 2 heterocycles. The van der Waals surface area contributed by atoms with E-state index in [-0.39, 0.29) is 5.69 Å². The summed E-state index contributed by atoms with van der Waals surface area (Å²) in [6.07, 6.45) is 8.04. The lowest BCUT2D eigenvalue weighted by atomic mass is 10.1. The van der Waals surface area contributed by atoms with Gasteiger partial charge in [-0.25, -0.2) is 9.78 Å². The molecule has 2 rings (SSSR count). The largest absolute Gasteiger partial charge is 0.491 e. The summed E-state index contributed by atoms with van der Waals surface area (Å²) in [6, 6.07) is 3.12. The van der Waals surface area contributed by atoms with E-state index >= 15 is 0 Å². The number of aromatic nitrogens is 1. The molecule has 0 radical (unpaired) electrons. The molecule has 1 aromatic heterocycles. The fourth-order valence-electron chi connectivity index (χ4n) is 2.42. The van der Waals surface area contributed by atoms with Crippen molar-refractivity contribution in [1.82, 2.24) is 9.88 Å². The average Bonchev–Trinajstić information content (AvgIpc) is 2.41. The van der Waals surface area contributed by atoms with Gasteiger partial charge in [0.05, 0.1) is 6.20 Å². The van der Waals surface area contributed by atoms with Gasteiger partial charge in [0, 0.05) is 6.54 Å². The van der Waals surface area contributed by atoms with Crippen molar-refractivity contribution in [2.45, 2.75) is 32.1 Å². The highest BCUT2D eigenvalue weighted by atomic mass is 16.5. The Hall–Kier alpha value is -1.62. The van der Waals surface area contributed by atoms with E-state index in [1.807, 2.05) is 0 Å². The number of ether oxygens (including phenoxy) is 1. The van der Waals surface area contributed by atoms with E-state index in [0.717, 1.165) is 19.6 Å². The van der Waals surface area contributed by atoms with E-state index in [0.29, 0.717) is 12.4 Å². The summed E-state index contributed by atoms with van der Waals surface area (Å²) in [5, 5.41) is 8.76. The Morgan fingerprint density at radius 3 is 2.50 bits per heavy atom. The second kappa shape index (κ2) is 7.85. The van der Waals surface area contributed by atoms with Gasteiger partial charge in [-0.3, -0.25) is 4.90 Å². The average molecular weight is 278 g/mol. The molecule has 0 aliphatic carbocycles. The Morgan fingerprint density at radius 1 is 1.20 bits per heavy atom. The molecule has 0 amide bonds. The number of carbonyl (C=O) groups is 1. The normalized spacial score (nSPS) is 17.2. The van der Waals surface area contributed by atoms with Crippen LogP contribution in [0.5, 0.6) is 5.75 Å². The van der Waals surface area contributed by atoms with Gasteiger partial charge in [-0.2, -0.15) is 0 Å². The monoisotopic (exact) mass is 278 g/mol. The predicted octanol–water partition coefficient (Wildman–Crippen LogP) is 2.42. The number of hydrogen-bond donors (Lipinski definition) is 1. The molecule has 110 valence electrons. The molecular formula is C15H22N2O3. The van der Waals surface area contributed by atoms with E-state index in [4.69, 9.17) is 9.84 Å². The number of pyridine rings is 1. The van der Waals surface area contributed by atoms with E-state index in [1.54, 1.807) is 6.07 Å². The summed E-state index contributed by atoms with van der Waals surface area (Å²) >= 11 is 0. The molecule has 0 spiro atoms. The van der Waals surface area contributed by atoms with Crippen LogP contribution in [0.1, 0.15) is 42.6 Å². The first-order valence-corrected chi connectivity index (χ1v) is 7.30. The Kier molecular flexibility index (Phi) is 5.80. The first kappa shape index (κ1) is 14.8. The van der Waals surface area contributed by atoms with Crippen LogP contribution in [-0.2, 0) is 0 Å². The van der Waals surface area contributed by atoms with E-state index in [9.17, 15) is 4.79 Å². The first-order chi connectivity index (χ1) is 9.75. The minimum absolute atomic E-state index is 0.0427. The molecular weight excluding hydrogens is 256 g/mol. The van der Waals surface area contributed by atoms with Crippen LogP contribution in [0.4, 0.5) is 0 Å². The Bertz CT molecular complexity index is 412. The third kappa shape index (κ3) is 4.81. The van der Waals surface area contributed by atoms with Crippen molar-refractivity contribution in [2.75, 3.05) is 26.2 Å². The lowest BCUT2D eigenvalue weighted by Gasteiger charge is -2.24. The zero-order valence-corrected chi connectivity index (χ0v) is 11.8. The number of hydrogen-bond acceptors (Lipinski definition) is 4. The molecule has 1 fully saturated rings. The van der Waals surface area contributed by atoms with E-state index < -0.39 is 5.97 Å². The topological polar surface area (TPSA) is 62.7 Å². The molecule has 0 atom stereocenters. The second-order valence-electron chi connectivity index (χ2n) is 5.14. The van der Waals surface area contributed by atoms with Gasteiger partial charge < -0.3 is 9.84 Å². The van der Waals surface area contributed by atoms with Crippen molar-refractivity contribution in [3.63, 3.8) is 0 Å². The molecule has 0 bridgehead atoms. The minimum atomic E-state index is -1.02. The smallest absolute Gasteiger partial charge is 0.354 e. The highest BCUT2D eigenvalue weighted by Crippen LogP contribution is 2.11. The van der Waals surface area contributed by atoms with Crippen LogP contribution in [-0.4, -0.2) is 47.2 Å². The van der Waals surface area contributed by atoms with Crippen molar-refractivity contribution >= 4 is 5.97 Å². The minimum Gasteiger partial charge on any atom is -0.491 e. The van der Waals surface area contributed by atoms with E-state index in [2.05, 4.69) is 9.88 Å². The summed E-state index contributed by atoms with van der Waals surface area (Å²) in [4.78, 5) is 17.0. The molecule has 1 N–H and O–H groups in total. The fourth-order valence-corrected chi connectivity index (χ4v) is 2.42. The number of carboxylic acids is 1. The molecule has 1 aromatic rings.